The number of hydrogen-bond acceptors (Lipinski definition) is 3. The summed E-state index contributed by atoms with van der Waals surface area (Å²) in [7, 11) is 3.73. The van der Waals surface area contributed by atoms with Gasteiger partial charge in [0.05, 0.1) is 6.61 Å². The van der Waals surface area contributed by atoms with E-state index in [-0.39, 0.29) is 0 Å². The van der Waals surface area contributed by atoms with Crippen LogP contribution >= 0.6 is 11.6 Å². The fourth-order valence-corrected chi connectivity index (χ4v) is 1.77. The Hall–Kier alpha value is -0.770. The molecule has 0 radical (unpaired) electrons. The van der Waals surface area contributed by atoms with Gasteiger partial charge in [-0.05, 0) is 30.7 Å². The summed E-state index contributed by atoms with van der Waals surface area (Å²) in [6.07, 6.45) is 0.865. The molecule has 0 saturated carbocycles. The van der Waals surface area contributed by atoms with Gasteiger partial charge in [-0.25, -0.2) is 0 Å². The predicted molar refractivity (Wildman–Crippen MR) is 69.4 cm³/mol. The van der Waals surface area contributed by atoms with Gasteiger partial charge in [0.25, 0.3) is 0 Å². The molecule has 16 heavy (non-hydrogen) atoms. The summed E-state index contributed by atoms with van der Waals surface area (Å²) in [5, 5.41) is 0.750. The van der Waals surface area contributed by atoms with Gasteiger partial charge < -0.3 is 15.4 Å². The molecular formula is C12H19ClN2O. The van der Waals surface area contributed by atoms with Crippen LogP contribution in [0.4, 0.5) is 5.69 Å². The molecule has 90 valence electrons. The largest absolute Gasteiger partial charge is 0.383 e. The van der Waals surface area contributed by atoms with Crippen LogP contribution in [0.1, 0.15) is 5.56 Å². The summed E-state index contributed by atoms with van der Waals surface area (Å²) < 4.78 is 5.06. The van der Waals surface area contributed by atoms with Crippen LogP contribution in [0.15, 0.2) is 18.2 Å². The van der Waals surface area contributed by atoms with Crippen molar-refractivity contribution in [1.29, 1.82) is 0 Å². The second-order valence-corrected chi connectivity index (χ2v) is 4.16. The van der Waals surface area contributed by atoms with Gasteiger partial charge in [0, 0.05) is 31.4 Å². The van der Waals surface area contributed by atoms with E-state index >= 15 is 0 Å². The number of benzene rings is 1. The van der Waals surface area contributed by atoms with E-state index in [0.717, 1.165) is 23.7 Å². The van der Waals surface area contributed by atoms with Gasteiger partial charge in [-0.2, -0.15) is 0 Å². The Labute approximate surface area is 102 Å². The van der Waals surface area contributed by atoms with Crippen LogP contribution < -0.4 is 10.6 Å². The number of nitrogens with zero attached hydrogens (tertiary/aromatic N) is 1. The molecule has 0 amide bonds. The lowest BCUT2D eigenvalue weighted by Crippen LogP contribution is -2.23. The number of likely N-dealkylation sites (N-methyl/N-ethyl adjacent to an activating group) is 1. The van der Waals surface area contributed by atoms with Gasteiger partial charge in [0.15, 0.2) is 0 Å². The van der Waals surface area contributed by atoms with Gasteiger partial charge in [-0.15, -0.1) is 0 Å². The van der Waals surface area contributed by atoms with Crippen LogP contribution in [0.25, 0.3) is 0 Å². The minimum absolute atomic E-state index is 0.646. The minimum Gasteiger partial charge on any atom is -0.383 e. The zero-order valence-corrected chi connectivity index (χ0v) is 10.6. The lowest BCUT2D eigenvalue weighted by atomic mass is 10.1. The molecular weight excluding hydrogens is 224 g/mol. The fourth-order valence-electron chi connectivity index (χ4n) is 1.61. The van der Waals surface area contributed by atoms with Crippen molar-refractivity contribution in [2.24, 2.45) is 5.73 Å². The molecule has 0 bridgehead atoms. The zero-order valence-electron chi connectivity index (χ0n) is 9.87. The van der Waals surface area contributed by atoms with E-state index in [4.69, 9.17) is 22.1 Å². The Bertz CT molecular complexity index is 331. The number of halogens is 1. The zero-order chi connectivity index (χ0) is 12.0. The van der Waals surface area contributed by atoms with E-state index in [1.165, 1.54) is 5.56 Å². The van der Waals surface area contributed by atoms with Crippen molar-refractivity contribution in [1.82, 2.24) is 0 Å². The van der Waals surface area contributed by atoms with Crippen LogP contribution in [0, 0.1) is 0 Å². The van der Waals surface area contributed by atoms with Crippen molar-refractivity contribution in [3.05, 3.63) is 28.8 Å². The molecule has 0 aromatic heterocycles. The standard InChI is InChI=1S/C12H19ClN2O/c1-15(7-8-16-2)12-9-11(13)4-3-10(12)5-6-14/h3-4,9H,5-8,14H2,1-2H3. The summed E-state index contributed by atoms with van der Waals surface area (Å²) in [5.74, 6) is 0. The average Bonchev–Trinajstić information content (AvgIpc) is 2.28. The first kappa shape index (κ1) is 13.3. The monoisotopic (exact) mass is 242 g/mol. The van der Waals surface area contributed by atoms with Gasteiger partial charge >= 0.3 is 0 Å². The Balaban J connectivity index is 2.85. The topological polar surface area (TPSA) is 38.5 Å². The van der Waals surface area contributed by atoms with Crippen molar-refractivity contribution in [2.45, 2.75) is 6.42 Å². The summed E-state index contributed by atoms with van der Waals surface area (Å²) in [5.41, 5.74) is 7.95. The van der Waals surface area contributed by atoms with Crippen LogP contribution in [0.5, 0.6) is 0 Å². The highest BCUT2D eigenvalue weighted by Gasteiger charge is 2.07. The quantitative estimate of drug-likeness (QED) is 0.829. The second-order valence-electron chi connectivity index (χ2n) is 3.73. The number of methoxy groups -OCH3 is 1. The summed E-state index contributed by atoms with van der Waals surface area (Å²) in [6.45, 7) is 2.19. The molecule has 1 aromatic rings. The van der Waals surface area contributed by atoms with Crippen molar-refractivity contribution in [3.8, 4) is 0 Å². The Morgan fingerprint density at radius 2 is 2.19 bits per heavy atom. The molecule has 0 aliphatic rings. The molecule has 0 unspecified atom stereocenters. The maximum absolute atomic E-state index is 6.01. The highest BCUT2D eigenvalue weighted by atomic mass is 35.5. The first-order valence-electron chi connectivity index (χ1n) is 5.37. The van der Waals surface area contributed by atoms with Crippen LogP contribution in [0.2, 0.25) is 5.02 Å². The number of ether oxygens (including phenoxy) is 1. The highest BCUT2D eigenvalue weighted by molar-refractivity contribution is 6.30. The molecule has 4 heteroatoms. The summed E-state index contributed by atoms with van der Waals surface area (Å²) in [4.78, 5) is 2.14. The smallest absolute Gasteiger partial charge is 0.0637 e. The number of hydrogen-bond donors (Lipinski definition) is 1. The molecule has 1 rings (SSSR count). The second kappa shape index (κ2) is 6.74. The number of rotatable bonds is 6. The Morgan fingerprint density at radius 3 is 2.81 bits per heavy atom. The fraction of sp³-hybridized carbons (Fsp3) is 0.500. The molecule has 0 saturated heterocycles. The van der Waals surface area contributed by atoms with Crippen molar-refractivity contribution < 1.29 is 4.74 Å². The van der Waals surface area contributed by atoms with Crippen LogP contribution in [0.3, 0.4) is 0 Å². The van der Waals surface area contributed by atoms with E-state index in [2.05, 4.69) is 4.90 Å². The van der Waals surface area contributed by atoms with E-state index in [1.54, 1.807) is 7.11 Å². The van der Waals surface area contributed by atoms with Gasteiger partial charge in [-0.3, -0.25) is 0 Å². The lowest BCUT2D eigenvalue weighted by Gasteiger charge is -2.22. The molecule has 0 fully saturated rings. The van der Waals surface area contributed by atoms with Gasteiger partial charge in [0.1, 0.15) is 0 Å². The number of nitrogens with two attached hydrogens (primary N) is 1. The minimum atomic E-state index is 0.646. The van der Waals surface area contributed by atoms with Gasteiger partial charge in [-0.1, -0.05) is 17.7 Å². The highest BCUT2D eigenvalue weighted by Crippen LogP contribution is 2.24. The third-order valence-electron chi connectivity index (χ3n) is 2.50. The SMILES string of the molecule is COCCN(C)c1cc(Cl)ccc1CCN. The first-order chi connectivity index (χ1) is 7.69. The van der Waals surface area contributed by atoms with Gasteiger partial charge in [0.2, 0.25) is 0 Å². The molecule has 1 aromatic carbocycles. The third kappa shape index (κ3) is 3.67. The van der Waals surface area contributed by atoms with Crippen molar-refractivity contribution >= 4 is 17.3 Å². The molecule has 0 aliphatic heterocycles. The van der Waals surface area contributed by atoms with Crippen molar-refractivity contribution in [2.75, 3.05) is 38.8 Å². The molecule has 0 spiro atoms. The average molecular weight is 243 g/mol. The number of anilines is 1. The molecule has 0 heterocycles. The van der Waals surface area contributed by atoms with E-state index < -0.39 is 0 Å². The van der Waals surface area contributed by atoms with Crippen LogP contribution in [-0.4, -0.2) is 33.9 Å². The summed E-state index contributed by atoms with van der Waals surface area (Å²) >= 11 is 6.01. The van der Waals surface area contributed by atoms with E-state index in [0.29, 0.717) is 13.2 Å². The molecule has 0 atom stereocenters. The predicted octanol–water partition coefficient (Wildman–Crippen LogP) is 1.92. The molecule has 3 nitrogen and oxygen atoms in total. The third-order valence-corrected chi connectivity index (χ3v) is 2.74. The molecule has 0 aliphatic carbocycles. The maximum atomic E-state index is 6.01. The Kier molecular flexibility index (Phi) is 5.60. The van der Waals surface area contributed by atoms with Crippen molar-refractivity contribution in [3.63, 3.8) is 0 Å². The summed E-state index contributed by atoms with van der Waals surface area (Å²) in [6, 6.07) is 5.91. The normalized spacial score (nSPS) is 10.5. The first-order valence-corrected chi connectivity index (χ1v) is 5.75. The lowest BCUT2D eigenvalue weighted by molar-refractivity contribution is 0.206. The maximum Gasteiger partial charge on any atom is 0.0637 e. The Morgan fingerprint density at radius 1 is 1.44 bits per heavy atom. The van der Waals surface area contributed by atoms with E-state index in [9.17, 15) is 0 Å². The van der Waals surface area contributed by atoms with Crippen LogP contribution in [-0.2, 0) is 11.2 Å². The van der Waals surface area contributed by atoms with E-state index in [1.807, 2.05) is 25.2 Å². The molecule has 2 N–H and O–H groups in total.